The normalized spacial score (nSPS) is 11.4. The zero-order chi connectivity index (χ0) is 25.7. The van der Waals surface area contributed by atoms with Crippen molar-refractivity contribution in [3.63, 3.8) is 0 Å². The zero-order valence-electron chi connectivity index (χ0n) is 19.8. The lowest BCUT2D eigenvalue weighted by atomic mass is 10.1. The monoisotopic (exact) mass is 519 g/mol. The lowest BCUT2D eigenvalue weighted by molar-refractivity contribution is 0.101. The van der Waals surface area contributed by atoms with Crippen LogP contribution in [-0.4, -0.2) is 35.9 Å². The van der Waals surface area contributed by atoms with Crippen LogP contribution >= 0.6 is 11.3 Å². The molecule has 7 nitrogen and oxygen atoms in total. The Morgan fingerprint density at radius 2 is 1.53 bits per heavy atom. The predicted octanol–water partition coefficient (Wildman–Crippen LogP) is 5.48. The number of aromatic nitrogens is 1. The minimum Gasteiger partial charge on any atom is -0.298 e. The van der Waals surface area contributed by atoms with E-state index in [1.54, 1.807) is 6.92 Å². The molecule has 184 valence electrons. The van der Waals surface area contributed by atoms with Crippen LogP contribution in [-0.2, 0) is 16.6 Å². The maximum absolute atomic E-state index is 13.2. The van der Waals surface area contributed by atoms with Crippen molar-refractivity contribution in [2.24, 2.45) is 0 Å². The highest BCUT2D eigenvalue weighted by Crippen LogP contribution is 2.31. The summed E-state index contributed by atoms with van der Waals surface area (Å²) in [6.45, 7) is 3.82. The third-order valence-corrected chi connectivity index (χ3v) is 8.53. The Morgan fingerprint density at radius 1 is 0.917 bits per heavy atom. The second kappa shape index (κ2) is 10.9. The van der Waals surface area contributed by atoms with Gasteiger partial charge in [-0.15, -0.1) is 0 Å². The molecule has 0 fully saturated rings. The molecule has 9 heteroatoms. The lowest BCUT2D eigenvalue weighted by Crippen LogP contribution is -2.30. The van der Waals surface area contributed by atoms with Gasteiger partial charge in [-0.05, 0) is 29.8 Å². The molecule has 1 amide bonds. The van der Waals surface area contributed by atoms with E-state index in [0.717, 1.165) is 22.5 Å². The van der Waals surface area contributed by atoms with E-state index in [-0.39, 0.29) is 22.8 Å². The molecule has 0 atom stereocenters. The van der Waals surface area contributed by atoms with E-state index in [0.29, 0.717) is 22.2 Å². The van der Waals surface area contributed by atoms with E-state index in [4.69, 9.17) is 0 Å². The Bertz CT molecular complexity index is 1470. The van der Waals surface area contributed by atoms with Crippen LogP contribution in [0, 0.1) is 0 Å². The minimum atomic E-state index is -3.74. The summed E-state index contributed by atoms with van der Waals surface area (Å²) in [5.74, 6) is -0.587. The average molecular weight is 520 g/mol. The van der Waals surface area contributed by atoms with Gasteiger partial charge in [0.25, 0.3) is 5.91 Å². The van der Waals surface area contributed by atoms with Gasteiger partial charge in [0.05, 0.1) is 15.5 Å². The summed E-state index contributed by atoms with van der Waals surface area (Å²) in [6.07, 6.45) is 0. The second-order valence-electron chi connectivity index (χ2n) is 8.01. The van der Waals surface area contributed by atoms with Gasteiger partial charge in [-0.1, -0.05) is 78.9 Å². The molecular weight excluding hydrogens is 494 g/mol. The Morgan fingerprint density at radius 3 is 2.11 bits per heavy atom. The molecule has 1 N–H and O–H groups in total. The molecule has 0 radical (unpaired) electrons. The number of ketones is 1. The molecule has 0 spiro atoms. The fraction of sp³-hybridized carbons (Fsp3) is 0.148. The highest BCUT2D eigenvalue weighted by atomic mass is 32.2. The summed E-state index contributed by atoms with van der Waals surface area (Å²) in [5, 5.41) is 3.02. The van der Waals surface area contributed by atoms with Gasteiger partial charge >= 0.3 is 0 Å². The van der Waals surface area contributed by atoms with Gasteiger partial charge in [-0.25, -0.2) is 13.4 Å². The first-order valence-electron chi connectivity index (χ1n) is 11.3. The molecule has 0 aliphatic rings. The number of sulfonamides is 1. The standard InChI is InChI=1S/C27H25N3O4S2/c1-3-30(18-20-10-6-4-7-11-20)36(33,34)23-16-14-22(15-17-23)26(32)29-27-28-24(25(35-27)19(2)31)21-12-8-5-9-13-21/h4-17H,3,18H2,1-2H3,(H,28,29,32). The van der Waals surface area contributed by atoms with Crippen LogP contribution in [0.5, 0.6) is 0 Å². The van der Waals surface area contributed by atoms with Gasteiger partial charge in [-0.2, -0.15) is 4.31 Å². The fourth-order valence-corrected chi connectivity index (χ4v) is 5.97. The molecule has 36 heavy (non-hydrogen) atoms. The number of nitrogens with zero attached hydrogens (tertiary/aromatic N) is 2. The van der Waals surface area contributed by atoms with Crippen molar-refractivity contribution in [1.29, 1.82) is 0 Å². The molecule has 0 saturated heterocycles. The van der Waals surface area contributed by atoms with Gasteiger partial charge in [0, 0.05) is 31.1 Å². The SMILES string of the molecule is CCN(Cc1ccccc1)S(=O)(=O)c1ccc(C(=O)Nc2nc(-c3ccccc3)c(C(C)=O)s2)cc1. The van der Waals surface area contributed by atoms with Gasteiger partial charge in [0.15, 0.2) is 10.9 Å². The first-order valence-corrected chi connectivity index (χ1v) is 13.6. The Labute approximate surface area is 214 Å². The first-order chi connectivity index (χ1) is 17.3. The maximum atomic E-state index is 13.2. The lowest BCUT2D eigenvalue weighted by Gasteiger charge is -2.20. The van der Waals surface area contributed by atoms with Crippen LogP contribution in [0.2, 0.25) is 0 Å². The molecule has 4 aromatic rings. The molecule has 0 aliphatic carbocycles. The van der Waals surface area contributed by atoms with Gasteiger partial charge < -0.3 is 0 Å². The van der Waals surface area contributed by atoms with E-state index < -0.39 is 15.9 Å². The van der Waals surface area contributed by atoms with Gasteiger partial charge in [0.1, 0.15) is 0 Å². The highest BCUT2D eigenvalue weighted by molar-refractivity contribution is 7.89. The number of Topliss-reactive ketones (excluding diaryl/α,β-unsaturated/α-hetero) is 1. The van der Waals surface area contributed by atoms with Crippen LogP contribution in [0.25, 0.3) is 11.3 Å². The van der Waals surface area contributed by atoms with Crippen molar-refractivity contribution in [2.45, 2.75) is 25.3 Å². The van der Waals surface area contributed by atoms with Crippen LogP contribution < -0.4 is 5.32 Å². The number of hydrogen-bond acceptors (Lipinski definition) is 6. The smallest absolute Gasteiger partial charge is 0.257 e. The molecule has 4 rings (SSSR count). The molecule has 3 aromatic carbocycles. The van der Waals surface area contributed by atoms with Gasteiger partial charge in [0.2, 0.25) is 10.0 Å². The summed E-state index contributed by atoms with van der Waals surface area (Å²) >= 11 is 1.11. The topological polar surface area (TPSA) is 96.4 Å². The summed E-state index contributed by atoms with van der Waals surface area (Å²) in [6, 6.07) is 24.5. The number of rotatable bonds is 9. The van der Waals surface area contributed by atoms with E-state index >= 15 is 0 Å². The first kappa shape index (κ1) is 25.4. The number of benzene rings is 3. The number of nitrogens with one attached hydrogen (secondary N) is 1. The quantitative estimate of drug-likeness (QED) is 0.296. The second-order valence-corrected chi connectivity index (χ2v) is 11.0. The Hall–Kier alpha value is -3.66. The highest BCUT2D eigenvalue weighted by Gasteiger charge is 2.24. The van der Waals surface area contributed by atoms with Gasteiger partial charge in [-0.3, -0.25) is 14.9 Å². The van der Waals surface area contributed by atoms with E-state index in [1.807, 2.05) is 60.7 Å². The summed E-state index contributed by atoms with van der Waals surface area (Å²) in [7, 11) is -3.74. The van der Waals surface area contributed by atoms with Crippen molar-refractivity contribution in [3.05, 3.63) is 101 Å². The molecule has 0 bridgehead atoms. The van der Waals surface area contributed by atoms with Crippen molar-refractivity contribution >= 4 is 38.2 Å². The Balaban J connectivity index is 1.52. The zero-order valence-corrected chi connectivity index (χ0v) is 21.5. The summed E-state index contributed by atoms with van der Waals surface area (Å²) in [5.41, 5.74) is 2.47. The number of carbonyl (C=O) groups excluding carboxylic acids is 2. The fourth-order valence-electron chi connectivity index (χ4n) is 3.65. The van der Waals surface area contributed by atoms with E-state index in [2.05, 4.69) is 10.3 Å². The summed E-state index contributed by atoms with van der Waals surface area (Å²) in [4.78, 5) is 30.0. The molecular formula is C27H25N3O4S2. The number of carbonyl (C=O) groups is 2. The van der Waals surface area contributed by atoms with E-state index in [9.17, 15) is 18.0 Å². The van der Waals surface area contributed by atoms with Crippen LogP contribution in [0.15, 0.2) is 89.8 Å². The van der Waals surface area contributed by atoms with E-state index in [1.165, 1.54) is 35.5 Å². The third-order valence-electron chi connectivity index (χ3n) is 5.52. The van der Waals surface area contributed by atoms with Crippen molar-refractivity contribution in [3.8, 4) is 11.3 Å². The minimum absolute atomic E-state index is 0.108. The Kier molecular flexibility index (Phi) is 7.73. The van der Waals surface area contributed by atoms with Crippen molar-refractivity contribution in [2.75, 3.05) is 11.9 Å². The van der Waals surface area contributed by atoms with Crippen LogP contribution in [0.3, 0.4) is 0 Å². The van der Waals surface area contributed by atoms with Crippen molar-refractivity contribution in [1.82, 2.24) is 9.29 Å². The third kappa shape index (κ3) is 5.59. The molecule has 0 unspecified atom stereocenters. The van der Waals surface area contributed by atoms with Crippen molar-refractivity contribution < 1.29 is 18.0 Å². The summed E-state index contributed by atoms with van der Waals surface area (Å²) < 4.78 is 27.7. The molecule has 1 heterocycles. The molecule has 1 aromatic heterocycles. The molecule has 0 aliphatic heterocycles. The van der Waals surface area contributed by atoms with Crippen LogP contribution in [0.1, 0.15) is 39.4 Å². The number of amides is 1. The molecule has 0 saturated carbocycles. The van der Waals surface area contributed by atoms with Crippen LogP contribution in [0.4, 0.5) is 5.13 Å². The number of hydrogen-bond donors (Lipinski definition) is 1. The number of anilines is 1. The maximum Gasteiger partial charge on any atom is 0.257 e. The average Bonchev–Trinajstić information content (AvgIpc) is 3.32. The largest absolute Gasteiger partial charge is 0.298 e. The predicted molar refractivity (Wildman–Crippen MR) is 142 cm³/mol. The number of thiazole rings is 1.